The van der Waals surface area contributed by atoms with Crippen molar-refractivity contribution in [2.24, 2.45) is 0 Å². The van der Waals surface area contributed by atoms with Gasteiger partial charge >= 0.3 is 0 Å². The molecule has 27 heavy (non-hydrogen) atoms. The summed E-state index contributed by atoms with van der Waals surface area (Å²) in [5.41, 5.74) is 1.70. The zero-order chi connectivity index (χ0) is 19.8. The van der Waals surface area contributed by atoms with Crippen molar-refractivity contribution < 1.29 is 14.3 Å². The van der Waals surface area contributed by atoms with Crippen LogP contribution < -0.4 is 15.0 Å². The van der Waals surface area contributed by atoms with Crippen molar-refractivity contribution in [2.75, 3.05) is 18.0 Å². The predicted molar refractivity (Wildman–Crippen MR) is 108 cm³/mol. The van der Waals surface area contributed by atoms with Gasteiger partial charge in [-0.05, 0) is 62.2 Å². The number of halogens is 1. The molecule has 0 saturated carbocycles. The number of nitrogens with zero attached hydrogens (tertiary/aromatic N) is 1. The molecule has 0 spiro atoms. The van der Waals surface area contributed by atoms with E-state index in [9.17, 15) is 9.59 Å². The van der Waals surface area contributed by atoms with E-state index < -0.39 is 0 Å². The maximum atomic E-state index is 12.2. The molecule has 144 valence electrons. The average molecular weight is 389 g/mol. The summed E-state index contributed by atoms with van der Waals surface area (Å²) in [7, 11) is 0. The lowest BCUT2D eigenvalue weighted by Crippen LogP contribution is -2.40. The number of anilines is 1. The summed E-state index contributed by atoms with van der Waals surface area (Å²) < 4.78 is 5.60. The van der Waals surface area contributed by atoms with Crippen molar-refractivity contribution in [1.29, 1.82) is 0 Å². The van der Waals surface area contributed by atoms with Crippen molar-refractivity contribution in [2.45, 2.75) is 33.3 Å². The fourth-order valence-corrected chi connectivity index (χ4v) is 2.81. The second-order valence-electron chi connectivity index (χ2n) is 6.50. The van der Waals surface area contributed by atoms with Gasteiger partial charge in [-0.2, -0.15) is 0 Å². The zero-order valence-corrected chi connectivity index (χ0v) is 16.6. The van der Waals surface area contributed by atoms with Crippen LogP contribution in [0.1, 0.15) is 26.3 Å². The van der Waals surface area contributed by atoms with Gasteiger partial charge < -0.3 is 15.0 Å². The second-order valence-corrected chi connectivity index (χ2v) is 6.93. The quantitative estimate of drug-likeness (QED) is 0.747. The van der Waals surface area contributed by atoms with E-state index >= 15 is 0 Å². The summed E-state index contributed by atoms with van der Waals surface area (Å²) in [5.74, 6) is 0.315. The summed E-state index contributed by atoms with van der Waals surface area (Å²) in [6, 6.07) is 14.7. The molecule has 5 nitrogen and oxygen atoms in total. The van der Waals surface area contributed by atoms with Gasteiger partial charge in [-0.1, -0.05) is 23.7 Å². The average Bonchev–Trinajstić information content (AvgIpc) is 2.60. The van der Waals surface area contributed by atoms with Crippen LogP contribution in [0.2, 0.25) is 5.02 Å². The van der Waals surface area contributed by atoms with Gasteiger partial charge in [0.05, 0.1) is 6.10 Å². The van der Waals surface area contributed by atoms with E-state index in [0.29, 0.717) is 23.7 Å². The number of carbonyl (C=O) groups is 2. The highest BCUT2D eigenvalue weighted by Crippen LogP contribution is 2.20. The van der Waals surface area contributed by atoms with Gasteiger partial charge in [-0.15, -0.1) is 0 Å². The molecule has 6 heteroatoms. The lowest BCUT2D eigenvalue weighted by atomic mass is 10.1. The highest BCUT2D eigenvalue weighted by molar-refractivity contribution is 6.30. The van der Waals surface area contributed by atoms with E-state index in [4.69, 9.17) is 16.3 Å². The Kier molecular flexibility index (Phi) is 7.67. The molecule has 0 aliphatic heterocycles. The molecule has 0 heterocycles. The fourth-order valence-electron chi connectivity index (χ4n) is 2.60. The number of rotatable bonds is 8. The minimum absolute atomic E-state index is 0.0325. The van der Waals surface area contributed by atoms with Gasteiger partial charge in [0.1, 0.15) is 12.3 Å². The Morgan fingerprint density at radius 2 is 1.85 bits per heavy atom. The van der Waals surface area contributed by atoms with Crippen molar-refractivity contribution in [3.8, 4) is 5.75 Å². The molecule has 2 aromatic carbocycles. The van der Waals surface area contributed by atoms with Crippen LogP contribution in [0.15, 0.2) is 48.5 Å². The minimum Gasteiger partial charge on any atom is -0.491 e. The standard InChI is InChI=1S/C21H25ClN2O3/c1-15(2)27-20-9-7-19(8-10-20)24(16(3)25)14-21(26)23-12-11-17-5-4-6-18(22)13-17/h4-10,13,15H,11-12,14H2,1-3H3,(H,23,26). The number of hydrogen-bond acceptors (Lipinski definition) is 3. The third-order valence-corrected chi connectivity index (χ3v) is 4.06. The molecule has 0 saturated heterocycles. The highest BCUT2D eigenvalue weighted by atomic mass is 35.5. The second kappa shape index (κ2) is 9.97. The molecule has 2 amide bonds. The molecule has 0 bridgehead atoms. The van der Waals surface area contributed by atoms with Gasteiger partial charge in [0.15, 0.2) is 0 Å². The van der Waals surface area contributed by atoms with Crippen molar-refractivity contribution in [3.05, 3.63) is 59.1 Å². The van der Waals surface area contributed by atoms with E-state index in [1.165, 1.54) is 11.8 Å². The topological polar surface area (TPSA) is 58.6 Å². The molecule has 0 aromatic heterocycles. The Morgan fingerprint density at radius 1 is 1.15 bits per heavy atom. The van der Waals surface area contributed by atoms with E-state index in [2.05, 4.69) is 5.32 Å². The molecule has 0 fully saturated rings. The molecule has 0 radical (unpaired) electrons. The summed E-state index contributed by atoms with van der Waals surface area (Å²) in [6.07, 6.45) is 0.748. The molecule has 0 aliphatic carbocycles. The first-order valence-electron chi connectivity index (χ1n) is 8.91. The number of amides is 2. The van der Waals surface area contributed by atoms with Gasteiger partial charge in [-0.25, -0.2) is 0 Å². The first-order valence-corrected chi connectivity index (χ1v) is 9.29. The Balaban J connectivity index is 1.91. The fraction of sp³-hybridized carbons (Fsp3) is 0.333. The van der Waals surface area contributed by atoms with E-state index in [1.54, 1.807) is 24.3 Å². The van der Waals surface area contributed by atoms with Gasteiger partial charge in [0.25, 0.3) is 0 Å². The zero-order valence-electron chi connectivity index (χ0n) is 15.9. The summed E-state index contributed by atoms with van der Waals surface area (Å²) in [4.78, 5) is 25.7. The predicted octanol–water partition coefficient (Wildman–Crippen LogP) is 3.84. The molecule has 0 aliphatic rings. The Hall–Kier alpha value is -2.53. The molecule has 0 atom stereocenters. The highest BCUT2D eigenvalue weighted by Gasteiger charge is 2.15. The van der Waals surface area contributed by atoms with Gasteiger partial charge in [0, 0.05) is 24.2 Å². The summed E-state index contributed by atoms with van der Waals surface area (Å²) >= 11 is 5.96. The Morgan fingerprint density at radius 3 is 2.44 bits per heavy atom. The third kappa shape index (κ3) is 6.94. The maximum Gasteiger partial charge on any atom is 0.240 e. The molecular formula is C21H25ClN2O3. The number of ether oxygens (including phenoxy) is 1. The van der Waals surface area contributed by atoms with Crippen LogP contribution in [-0.2, 0) is 16.0 Å². The Bertz CT molecular complexity index is 775. The monoisotopic (exact) mass is 388 g/mol. The first kappa shape index (κ1) is 20.8. The molecule has 2 aromatic rings. The number of nitrogens with one attached hydrogen (secondary N) is 1. The van der Waals surface area contributed by atoms with E-state index in [-0.39, 0.29) is 24.5 Å². The van der Waals surface area contributed by atoms with Gasteiger partial charge in [0.2, 0.25) is 11.8 Å². The van der Waals surface area contributed by atoms with Crippen molar-refractivity contribution >= 4 is 29.1 Å². The molecule has 1 N–H and O–H groups in total. The van der Waals surface area contributed by atoms with Crippen molar-refractivity contribution in [3.63, 3.8) is 0 Å². The van der Waals surface area contributed by atoms with Gasteiger partial charge in [-0.3, -0.25) is 9.59 Å². The smallest absolute Gasteiger partial charge is 0.240 e. The van der Waals surface area contributed by atoms with Crippen LogP contribution in [0.3, 0.4) is 0 Å². The van der Waals surface area contributed by atoms with Crippen molar-refractivity contribution in [1.82, 2.24) is 5.32 Å². The van der Waals surface area contributed by atoms with E-state index in [0.717, 1.165) is 11.3 Å². The normalized spacial score (nSPS) is 10.6. The lowest BCUT2D eigenvalue weighted by molar-refractivity contribution is -0.123. The van der Waals surface area contributed by atoms with Crippen LogP contribution in [0.25, 0.3) is 0 Å². The Labute approximate surface area is 165 Å². The third-order valence-electron chi connectivity index (χ3n) is 3.83. The van der Waals surface area contributed by atoms with Crippen LogP contribution in [-0.4, -0.2) is 31.0 Å². The van der Waals surface area contributed by atoms with Crippen LogP contribution in [0, 0.1) is 0 Å². The maximum absolute atomic E-state index is 12.2. The van der Waals surface area contributed by atoms with Crippen LogP contribution in [0.5, 0.6) is 5.75 Å². The number of hydrogen-bond donors (Lipinski definition) is 1. The summed E-state index contributed by atoms with van der Waals surface area (Å²) in [6.45, 7) is 5.78. The minimum atomic E-state index is -0.213. The van der Waals surface area contributed by atoms with E-state index in [1.807, 2.05) is 38.1 Å². The van der Waals surface area contributed by atoms with Crippen LogP contribution >= 0.6 is 11.6 Å². The summed E-state index contributed by atoms with van der Waals surface area (Å²) in [5, 5.41) is 3.52. The number of benzene rings is 2. The molecule has 0 unspecified atom stereocenters. The number of carbonyl (C=O) groups excluding carboxylic acids is 2. The first-order chi connectivity index (χ1) is 12.8. The van der Waals surface area contributed by atoms with Crippen LogP contribution in [0.4, 0.5) is 5.69 Å². The SMILES string of the molecule is CC(=O)N(CC(=O)NCCc1cccc(Cl)c1)c1ccc(OC(C)C)cc1. The molecule has 2 rings (SSSR count). The molecular weight excluding hydrogens is 364 g/mol. The largest absolute Gasteiger partial charge is 0.491 e. The lowest BCUT2D eigenvalue weighted by Gasteiger charge is -2.21.